The number of amides is 3. The second kappa shape index (κ2) is 9.16. The molecule has 1 aliphatic heterocycles. The van der Waals surface area contributed by atoms with Crippen LogP contribution in [0.15, 0.2) is 24.3 Å². The summed E-state index contributed by atoms with van der Waals surface area (Å²) in [5.74, 6) is 1.62. The van der Waals surface area contributed by atoms with Crippen LogP contribution >= 0.6 is 11.8 Å². The summed E-state index contributed by atoms with van der Waals surface area (Å²) in [6.07, 6.45) is 0. The minimum atomic E-state index is -0.0453. The van der Waals surface area contributed by atoms with Gasteiger partial charge in [0.15, 0.2) is 0 Å². The molecule has 1 aromatic rings. The Morgan fingerprint density at radius 1 is 1.08 bits per heavy atom. The Balaban J connectivity index is 1.75. The minimum Gasteiger partial charge on any atom is -0.497 e. The first kappa shape index (κ1) is 20.4. The van der Waals surface area contributed by atoms with Gasteiger partial charge in [0, 0.05) is 48.8 Å². The van der Waals surface area contributed by atoms with E-state index in [1.165, 1.54) is 0 Å². The van der Waals surface area contributed by atoms with Gasteiger partial charge in [-0.1, -0.05) is 20.8 Å². The summed E-state index contributed by atoms with van der Waals surface area (Å²) in [7, 11) is 1.60. The molecule has 0 bridgehead atoms. The summed E-state index contributed by atoms with van der Waals surface area (Å²) in [5, 5.41) is 2.96. The Kier molecular flexibility index (Phi) is 7.20. The molecule has 1 fully saturated rings. The molecule has 2 rings (SSSR count). The van der Waals surface area contributed by atoms with E-state index in [4.69, 9.17) is 4.74 Å². The first-order valence-corrected chi connectivity index (χ1v) is 9.89. The molecule has 1 saturated heterocycles. The summed E-state index contributed by atoms with van der Waals surface area (Å²) in [5.41, 5.74) is 0.642. The van der Waals surface area contributed by atoms with Crippen molar-refractivity contribution in [2.45, 2.75) is 25.5 Å². The van der Waals surface area contributed by atoms with Gasteiger partial charge in [0.1, 0.15) is 5.75 Å². The lowest BCUT2D eigenvalue weighted by atomic mass is 10.1. The van der Waals surface area contributed by atoms with E-state index in [0.29, 0.717) is 38.3 Å². The van der Waals surface area contributed by atoms with Gasteiger partial charge in [-0.3, -0.25) is 4.79 Å². The molecule has 1 heterocycles. The zero-order valence-electron chi connectivity index (χ0n) is 16.1. The summed E-state index contributed by atoms with van der Waals surface area (Å²) >= 11 is 1.83. The van der Waals surface area contributed by atoms with Gasteiger partial charge in [-0.2, -0.15) is 11.8 Å². The molecule has 6 nitrogen and oxygen atoms in total. The van der Waals surface area contributed by atoms with Gasteiger partial charge in [0.25, 0.3) is 5.91 Å². The van der Waals surface area contributed by atoms with E-state index >= 15 is 0 Å². The number of methoxy groups -OCH3 is 1. The van der Waals surface area contributed by atoms with E-state index < -0.39 is 0 Å². The highest BCUT2D eigenvalue weighted by atomic mass is 32.2. The van der Waals surface area contributed by atoms with Gasteiger partial charge >= 0.3 is 6.03 Å². The quantitative estimate of drug-likeness (QED) is 0.799. The smallest absolute Gasteiger partial charge is 0.317 e. The fourth-order valence-electron chi connectivity index (χ4n) is 2.66. The van der Waals surface area contributed by atoms with Gasteiger partial charge in [-0.05, 0) is 24.3 Å². The third-order valence-electron chi connectivity index (χ3n) is 4.10. The predicted molar refractivity (Wildman–Crippen MR) is 106 cm³/mol. The molecule has 26 heavy (non-hydrogen) atoms. The zero-order chi connectivity index (χ0) is 19.2. The van der Waals surface area contributed by atoms with Crippen LogP contribution in [0.25, 0.3) is 0 Å². The van der Waals surface area contributed by atoms with Crippen molar-refractivity contribution in [3.63, 3.8) is 0 Å². The second-order valence-electron chi connectivity index (χ2n) is 7.20. The van der Waals surface area contributed by atoms with Crippen LogP contribution < -0.4 is 10.1 Å². The lowest BCUT2D eigenvalue weighted by Crippen LogP contribution is -2.53. The second-order valence-corrected chi connectivity index (χ2v) is 9.12. The number of benzene rings is 1. The molecule has 0 unspecified atom stereocenters. The topological polar surface area (TPSA) is 61.9 Å². The van der Waals surface area contributed by atoms with Crippen molar-refractivity contribution >= 4 is 23.7 Å². The standard InChI is InChI=1S/C19H29N3O3S/c1-19(2,3)26-14-9-20-18(24)22-12-10-21(11-13-22)17(23)15-5-7-16(25-4)8-6-15/h5-8H,9-14H2,1-4H3,(H,20,24). The fraction of sp³-hybridized carbons (Fsp3) is 0.579. The Bertz CT molecular complexity index is 605. The lowest BCUT2D eigenvalue weighted by Gasteiger charge is -2.34. The van der Waals surface area contributed by atoms with E-state index in [9.17, 15) is 9.59 Å². The monoisotopic (exact) mass is 379 g/mol. The van der Waals surface area contributed by atoms with Gasteiger partial charge in [0.2, 0.25) is 0 Å². The van der Waals surface area contributed by atoms with Crippen LogP contribution in [0.4, 0.5) is 4.79 Å². The Hall–Kier alpha value is -1.89. The molecular weight excluding hydrogens is 350 g/mol. The molecule has 1 aliphatic rings. The summed E-state index contributed by atoms with van der Waals surface area (Å²) in [4.78, 5) is 28.3. The number of hydrogen-bond donors (Lipinski definition) is 1. The largest absolute Gasteiger partial charge is 0.497 e. The van der Waals surface area contributed by atoms with Crippen LogP contribution in [-0.2, 0) is 0 Å². The van der Waals surface area contributed by atoms with E-state index in [1.807, 2.05) is 11.8 Å². The number of ether oxygens (including phenoxy) is 1. The SMILES string of the molecule is COc1ccc(C(=O)N2CCN(C(=O)NCCSC(C)(C)C)CC2)cc1. The number of nitrogens with zero attached hydrogens (tertiary/aromatic N) is 2. The molecule has 0 aromatic heterocycles. The molecule has 1 aromatic carbocycles. The summed E-state index contributed by atoms with van der Waals surface area (Å²) in [6, 6.07) is 7.07. The average Bonchev–Trinajstić information content (AvgIpc) is 2.64. The van der Waals surface area contributed by atoms with Crippen molar-refractivity contribution in [2.75, 3.05) is 45.6 Å². The molecule has 144 valence electrons. The molecule has 0 radical (unpaired) electrons. The minimum absolute atomic E-state index is 0.00529. The summed E-state index contributed by atoms with van der Waals surface area (Å²) < 4.78 is 5.32. The van der Waals surface area contributed by atoms with E-state index in [-0.39, 0.29) is 16.7 Å². The number of thioether (sulfide) groups is 1. The van der Waals surface area contributed by atoms with Crippen LogP contribution in [0.5, 0.6) is 5.75 Å². The maximum atomic E-state index is 12.5. The number of hydrogen-bond acceptors (Lipinski definition) is 4. The van der Waals surface area contributed by atoms with Crippen molar-refractivity contribution in [1.82, 2.24) is 15.1 Å². The molecule has 0 saturated carbocycles. The molecule has 3 amide bonds. The van der Waals surface area contributed by atoms with Crippen LogP contribution in [0.2, 0.25) is 0 Å². The Morgan fingerprint density at radius 3 is 2.19 bits per heavy atom. The average molecular weight is 380 g/mol. The van der Waals surface area contributed by atoms with E-state index in [1.54, 1.807) is 41.2 Å². The van der Waals surface area contributed by atoms with Gasteiger partial charge in [-0.15, -0.1) is 0 Å². The van der Waals surface area contributed by atoms with Crippen molar-refractivity contribution in [3.8, 4) is 5.75 Å². The number of carbonyl (C=O) groups excluding carboxylic acids is 2. The number of urea groups is 1. The number of piperazine rings is 1. The Labute approximate surface area is 160 Å². The van der Waals surface area contributed by atoms with E-state index in [0.717, 1.165) is 11.5 Å². The van der Waals surface area contributed by atoms with Crippen LogP contribution in [-0.4, -0.2) is 72.1 Å². The van der Waals surface area contributed by atoms with Gasteiger partial charge in [0.05, 0.1) is 7.11 Å². The first-order chi connectivity index (χ1) is 12.3. The highest BCUT2D eigenvalue weighted by Gasteiger charge is 2.24. The molecule has 1 N–H and O–H groups in total. The maximum Gasteiger partial charge on any atom is 0.317 e. The van der Waals surface area contributed by atoms with Crippen LogP contribution in [0.1, 0.15) is 31.1 Å². The first-order valence-electron chi connectivity index (χ1n) is 8.90. The van der Waals surface area contributed by atoms with Crippen molar-refractivity contribution in [3.05, 3.63) is 29.8 Å². The maximum absolute atomic E-state index is 12.5. The third-order valence-corrected chi connectivity index (χ3v) is 5.38. The van der Waals surface area contributed by atoms with Crippen LogP contribution in [0.3, 0.4) is 0 Å². The third kappa shape index (κ3) is 6.12. The lowest BCUT2D eigenvalue weighted by molar-refractivity contribution is 0.0665. The van der Waals surface area contributed by atoms with Crippen molar-refractivity contribution in [1.29, 1.82) is 0 Å². The predicted octanol–water partition coefficient (Wildman–Crippen LogP) is 2.69. The zero-order valence-corrected chi connectivity index (χ0v) is 16.9. The highest BCUT2D eigenvalue weighted by Crippen LogP contribution is 2.22. The highest BCUT2D eigenvalue weighted by molar-refractivity contribution is 8.00. The molecule has 0 spiro atoms. The number of carbonyl (C=O) groups is 2. The molecule has 7 heteroatoms. The number of rotatable bonds is 5. The fourth-order valence-corrected chi connectivity index (χ4v) is 3.47. The van der Waals surface area contributed by atoms with Crippen molar-refractivity contribution in [2.24, 2.45) is 0 Å². The Morgan fingerprint density at radius 2 is 1.65 bits per heavy atom. The van der Waals surface area contributed by atoms with E-state index in [2.05, 4.69) is 26.1 Å². The molecule has 0 aliphatic carbocycles. The summed E-state index contributed by atoms with van der Waals surface area (Å²) in [6.45, 7) is 9.37. The van der Waals surface area contributed by atoms with Crippen LogP contribution in [0, 0.1) is 0 Å². The molecular formula is C19H29N3O3S. The normalized spacial score (nSPS) is 14.9. The van der Waals surface area contributed by atoms with Gasteiger partial charge < -0.3 is 19.9 Å². The van der Waals surface area contributed by atoms with Gasteiger partial charge in [-0.25, -0.2) is 4.79 Å². The molecule has 0 atom stereocenters. The number of nitrogens with one attached hydrogen (secondary N) is 1. The van der Waals surface area contributed by atoms with Crippen molar-refractivity contribution < 1.29 is 14.3 Å².